The largest absolute Gasteiger partial charge is 0.493 e. The fraction of sp³-hybridized carbons (Fsp3) is 0.676. The maximum atomic E-state index is 14.3. The van der Waals surface area contributed by atoms with Crippen molar-refractivity contribution < 1.29 is 28.5 Å². The molecule has 0 radical (unpaired) electrons. The number of carbonyl (C=O) groups excluding carboxylic acids is 2. The van der Waals surface area contributed by atoms with Gasteiger partial charge in [-0.25, -0.2) is 9.59 Å². The number of hydrogen-bond donors (Lipinski definition) is 1. The van der Waals surface area contributed by atoms with E-state index in [1.807, 2.05) is 32.0 Å². The van der Waals surface area contributed by atoms with Crippen molar-refractivity contribution in [1.82, 2.24) is 5.32 Å². The second-order valence-electron chi connectivity index (χ2n) is 14.3. The second-order valence-corrected chi connectivity index (χ2v) is 14.3. The Hall–Kier alpha value is -2.96. The molecule has 7 heteroatoms. The Labute approximate surface area is 265 Å². The smallest absolute Gasteiger partial charge is 0.337 e. The summed E-state index contributed by atoms with van der Waals surface area (Å²) in [5, 5.41) is 3.35. The van der Waals surface area contributed by atoms with Crippen molar-refractivity contribution in [3.05, 3.63) is 46.3 Å². The van der Waals surface area contributed by atoms with Gasteiger partial charge in [-0.2, -0.15) is 0 Å². The summed E-state index contributed by atoms with van der Waals surface area (Å²) in [6.45, 7) is 17.1. The highest BCUT2D eigenvalue weighted by Crippen LogP contribution is 2.44. The van der Waals surface area contributed by atoms with E-state index in [9.17, 15) is 9.59 Å². The molecule has 0 spiro atoms. The highest BCUT2D eigenvalue weighted by Gasteiger charge is 2.42. The summed E-state index contributed by atoms with van der Waals surface area (Å²) in [6.07, 6.45) is 5.71. The Morgan fingerprint density at radius 2 is 1.18 bits per heavy atom. The molecule has 0 amide bonds. The zero-order chi connectivity index (χ0) is 32.3. The number of ether oxygens (including phenoxy) is 4. The minimum Gasteiger partial charge on any atom is -0.493 e. The van der Waals surface area contributed by atoms with E-state index >= 15 is 0 Å². The normalized spacial score (nSPS) is 28.2. The number of methoxy groups -OCH3 is 2. The van der Waals surface area contributed by atoms with Gasteiger partial charge in [-0.1, -0.05) is 60.5 Å². The topological polar surface area (TPSA) is 83.1 Å². The first-order valence-corrected chi connectivity index (χ1v) is 16.7. The van der Waals surface area contributed by atoms with Crippen LogP contribution in [0.15, 0.2) is 40.7 Å². The average molecular weight is 610 g/mol. The van der Waals surface area contributed by atoms with Crippen molar-refractivity contribution >= 4 is 11.9 Å². The molecule has 6 atom stereocenters. The van der Waals surface area contributed by atoms with Gasteiger partial charge in [0.15, 0.2) is 11.5 Å². The van der Waals surface area contributed by atoms with E-state index in [4.69, 9.17) is 18.9 Å². The lowest BCUT2D eigenvalue weighted by Gasteiger charge is -2.39. The van der Waals surface area contributed by atoms with Crippen LogP contribution in [-0.4, -0.2) is 38.4 Å². The fourth-order valence-corrected chi connectivity index (χ4v) is 7.80. The molecule has 0 bridgehead atoms. The molecule has 0 unspecified atom stereocenters. The van der Waals surface area contributed by atoms with Crippen LogP contribution >= 0.6 is 0 Å². The lowest BCUT2D eigenvalue weighted by molar-refractivity contribution is -0.152. The number of carbonyl (C=O) groups is 2. The van der Waals surface area contributed by atoms with E-state index in [0.717, 1.165) is 44.1 Å². The van der Waals surface area contributed by atoms with Gasteiger partial charge in [0.2, 0.25) is 0 Å². The molecule has 3 aliphatic rings. The summed E-state index contributed by atoms with van der Waals surface area (Å²) >= 11 is 0. The lowest BCUT2D eigenvalue weighted by atomic mass is 9.75. The third-order valence-electron chi connectivity index (χ3n) is 10.4. The van der Waals surface area contributed by atoms with Crippen molar-refractivity contribution in [2.45, 2.75) is 112 Å². The predicted octanol–water partition coefficient (Wildman–Crippen LogP) is 7.95. The van der Waals surface area contributed by atoms with Crippen molar-refractivity contribution in [2.75, 3.05) is 14.2 Å². The maximum Gasteiger partial charge on any atom is 0.337 e. The minimum atomic E-state index is -0.687. The summed E-state index contributed by atoms with van der Waals surface area (Å²) in [5.74, 6) is 2.03. The van der Waals surface area contributed by atoms with Crippen LogP contribution in [-0.2, 0) is 19.1 Å². The summed E-state index contributed by atoms with van der Waals surface area (Å²) < 4.78 is 24.0. The third-order valence-corrected chi connectivity index (χ3v) is 10.4. The minimum absolute atomic E-state index is 0.171. The van der Waals surface area contributed by atoms with E-state index in [-0.39, 0.29) is 24.1 Å². The molecule has 1 heterocycles. The molecule has 44 heavy (non-hydrogen) atoms. The Morgan fingerprint density at radius 1 is 0.727 bits per heavy atom. The SMILES string of the molecule is COc1ccc(C2C(C(=O)O[C@@H]3C[C@H](C)CC[C@H]3C(C)C)=C(C)NC(C)=C2C(=O)O[C@@H]2C[C@H](C)CC[C@H]2C(C)C)cc1OC. The molecular formula is C37H55NO6. The standard InChI is InChI=1S/C37H55NO6/c1-20(2)27-14-11-22(5)17-30(27)43-36(39)33-24(7)38-25(8)34(35(33)26-13-16-29(41-9)32(19-26)42-10)37(40)44-31-18-23(6)12-15-28(31)21(3)4/h13,16,19-23,27-28,30-31,35,38H,11-12,14-15,17-18H2,1-10H3/t22-,23-,27+,28+,30-,31-/m1/s1. The maximum absolute atomic E-state index is 14.3. The van der Waals surface area contributed by atoms with Crippen molar-refractivity contribution in [1.29, 1.82) is 0 Å². The highest BCUT2D eigenvalue weighted by molar-refractivity contribution is 6.00. The Morgan fingerprint density at radius 3 is 1.59 bits per heavy atom. The molecular weight excluding hydrogens is 554 g/mol. The van der Waals surface area contributed by atoms with E-state index in [1.54, 1.807) is 14.2 Å². The first-order valence-electron chi connectivity index (χ1n) is 16.7. The quantitative estimate of drug-likeness (QED) is 0.285. The molecule has 1 aromatic carbocycles. The predicted molar refractivity (Wildman–Crippen MR) is 173 cm³/mol. The van der Waals surface area contributed by atoms with Gasteiger partial charge >= 0.3 is 11.9 Å². The summed E-state index contributed by atoms with van der Waals surface area (Å²) in [7, 11) is 3.18. The number of benzene rings is 1. The molecule has 2 aliphatic carbocycles. The molecule has 2 saturated carbocycles. The van der Waals surface area contributed by atoms with E-state index in [0.29, 0.717) is 69.5 Å². The first kappa shape index (κ1) is 33.9. The second kappa shape index (κ2) is 14.4. The van der Waals surface area contributed by atoms with Gasteiger partial charge in [-0.05, 0) is 92.7 Å². The third kappa shape index (κ3) is 7.29. The van der Waals surface area contributed by atoms with Gasteiger partial charge in [-0.15, -0.1) is 0 Å². The number of hydrogen-bond acceptors (Lipinski definition) is 7. The highest BCUT2D eigenvalue weighted by atomic mass is 16.5. The molecule has 1 N–H and O–H groups in total. The average Bonchev–Trinajstić information content (AvgIpc) is 2.95. The van der Waals surface area contributed by atoms with Gasteiger partial charge in [0.05, 0.1) is 31.3 Å². The summed E-state index contributed by atoms with van der Waals surface area (Å²) in [4.78, 5) is 28.6. The van der Waals surface area contributed by atoms with Crippen LogP contribution in [0.5, 0.6) is 11.5 Å². The van der Waals surface area contributed by atoms with Gasteiger partial charge in [-0.3, -0.25) is 0 Å². The van der Waals surface area contributed by atoms with Crippen molar-refractivity contribution in [3.63, 3.8) is 0 Å². The van der Waals surface area contributed by atoms with Crippen LogP contribution in [0.3, 0.4) is 0 Å². The Bertz CT molecular complexity index is 1190. The fourth-order valence-electron chi connectivity index (χ4n) is 7.80. The van der Waals surface area contributed by atoms with E-state index in [1.165, 1.54) is 0 Å². The number of rotatable bonds is 9. The van der Waals surface area contributed by atoms with Crippen LogP contribution in [0.1, 0.15) is 105 Å². The van der Waals surface area contributed by atoms with Crippen LogP contribution in [0, 0.1) is 35.5 Å². The first-order chi connectivity index (χ1) is 20.9. The van der Waals surface area contributed by atoms with Gasteiger partial charge < -0.3 is 24.3 Å². The zero-order valence-electron chi connectivity index (χ0n) is 28.6. The van der Waals surface area contributed by atoms with Crippen molar-refractivity contribution in [2.24, 2.45) is 35.5 Å². The van der Waals surface area contributed by atoms with Gasteiger partial charge in [0.25, 0.3) is 0 Å². The van der Waals surface area contributed by atoms with E-state index in [2.05, 4.69) is 46.9 Å². The molecule has 1 aromatic rings. The van der Waals surface area contributed by atoms with Gasteiger partial charge in [0, 0.05) is 11.4 Å². The summed E-state index contributed by atoms with van der Waals surface area (Å²) in [5.41, 5.74) is 2.98. The number of esters is 2. The molecule has 0 aromatic heterocycles. The van der Waals surface area contributed by atoms with Crippen LogP contribution < -0.4 is 14.8 Å². The molecule has 4 rings (SSSR count). The number of dihydropyridines is 1. The Balaban J connectivity index is 1.76. The number of nitrogens with one attached hydrogen (secondary N) is 1. The molecule has 2 fully saturated rings. The zero-order valence-corrected chi connectivity index (χ0v) is 28.6. The number of allylic oxidation sites excluding steroid dienone is 2. The lowest BCUT2D eigenvalue weighted by Crippen LogP contribution is -2.40. The molecule has 7 nitrogen and oxygen atoms in total. The monoisotopic (exact) mass is 609 g/mol. The Kier molecular flexibility index (Phi) is 11.1. The van der Waals surface area contributed by atoms with Crippen molar-refractivity contribution in [3.8, 4) is 11.5 Å². The van der Waals surface area contributed by atoms with Crippen LogP contribution in [0.2, 0.25) is 0 Å². The van der Waals surface area contributed by atoms with Gasteiger partial charge in [0.1, 0.15) is 12.2 Å². The summed E-state index contributed by atoms with van der Waals surface area (Å²) in [6, 6.07) is 5.58. The van der Waals surface area contributed by atoms with Crippen LogP contribution in [0.25, 0.3) is 0 Å². The van der Waals surface area contributed by atoms with Crippen LogP contribution in [0.4, 0.5) is 0 Å². The molecule has 1 aliphatic heterocycles. The van der Waals surface area contributed by atoms with E-state index < -0.39 is 5.92 Å². The molecule has 244 valence electrons. The molecule has 0 saturated heterocycles.